The first-order valence-electron chi connectivity index (χ1n) is 19.5. The molecule has 0 spiro atoms. The van der Waals surface area contributed by atoms with Crippen LogP contribution in [-0.4, -0.2) is 94.6 Å². The summed E-state index contributed by atoms with van der Waals surface area (Å²) in [6, 6.07) is 21.8. The molecular formula is C46H53N5O7. The number of hydrogen-bond donors (Lipinski definition) is 1. The van der Waals surface area contributed by atoms with Crippen molar-refractivity contribution in [2.45, 2.75) is 64.7 Å². The predicted molar refractivity (Wildman–Crippen MR) is 229 cm³/mol. The molecule has 0 aliphatic carbocycles. The third kappa shape index (κ3) is 9.98. The first kappa shape index (κ1) is 41.3. The van der Waals surface area contributed by atoms with Crippen LogP contribution in [0.2, 0.25) is 0 Å². The Morgan fingerprint density at radius 3 is 2.10 bits per heavy atom. The van der Waals surface area contributed by atoms with Crippen LogP contribution in [0.25, 0.3) is 5.57 Å². The van der Waals surface area contributed by atoms with Crippen molar-refractivity contribution >= 4 is 47.8 Å². The van der Waals surface area contributed by atoms with Crippen molar-refractivity contribution in [3.63, 3.8) is 0 Å². The maximum atomic E-state index is 12.1. The van der Waals surface area contributed by atoms with Crippen LogP contribution in [-0.2, 0) is 17.8 Å². The smallest absolute Gasteiger partial charge is 0.210 e. The molecule has 0 aromatic heterocycles. The van der Waals surface area contributed by atoms with Gasteiger partial charge in [0, 0.05) is 68.1 Å². The second kappa shape index (κ2) is 19.2. The summed E-state index contributed by atoms with van der Waals surface area (Å²) in [7, 11) is 6.81. The van der Waals surface area contributed by atoms with Crippen molar-refractivity contribution < 1.29 is 33.3 Å². The van der Waals surface area contributed by atoms with Gasteiger partial charge < -0.3 is 38.8 Å². The van der Waals surface area contributed by atoms with Crippen molar-refractivity contribution in [1.29, 1.82) is 0 Å². The molecule has 0 saturated carbocycles. The van der Waals surface area contributed by atoms with Gasteiger partial charge >= 0.3 is 0 Å². The molecule has 2 aliphatic rings. The van der Waals surface area contributed by atoms with Crippen LogP contribution in [0.5, 0.6) is 28.7 Å². The van der Waals surface area contributed by atoms with E-state index in [2.05, 4.69) is 54.5 Å². The number of anilines is 1. The van der Waals surface area contributed by atoms with E-state index < -0.39 is 0 Å². The van der Waals surface area contributed by atoms with Gasteiger partial charge in [0.1, 0.15) is 5.75 Å². The van der Waals surface area contributed by atoms with E-state index in [1.807, 2.05) is 56.7 Å². The van der Waals surface area contributed by atoms with Gasteiger partial charge in [-0.2, -0.15) is 0 Å². The SMILES string of the molecule is COc1ccc2c(c1)CN(C=O)C(C=Nc1cc(OCCCOc3cc(N=CC4CC(c5ccc(NC(C)C)cc5)=CN4C)c(C=O)cc3OC)c(OC)cc1C)C2. The number of aldehydes is 1. The van der Waals surface area contributed by atoms with Gasteiger partial charge in [0.2, 0.25) is 6.41 Å². The number of nitrogens with zero attached hydrogens (tertiary/aromatic N) is 4. The minimum atomic E-state index is -0.194. The van der Waals surface area contributed by atoms with Crippen LogP contribution >= 0.6 is 0 Å². The Balaban J connectivity index is 1.06. The molecule has 6 rings (SSSR count). The van der Waals surface area contributed by atoms with Crippen molar-refractivity contribution in [3.8, 4) is 28.7 Å². The predicted octanol–water partition coefficient (Wildman–Crippen LogP) is 8.23. The van der Waals surface area contributed by atoms with Crippen LogP contribution < -0.4 is 29.0 Å². The zero-order valence-electron chi connectivity index (χ0n) is 34.4. The van der Waals surface area contributed by atoms with Gasteiger partial charge in [-0.1, -0.05) is 18.2 Å². The summed E-state index contributed by atoms with van der Waals surface area (Å²) in [4.78, 5) is 37.5. The van der Waals surface area contributed by atoms with Crippen LogP contribution in [0.1, 0.15) is 59.3 Å². The highest BCUT2D eigenvalue weighted by Gasteiger charge is 2.25. The molecule has 1 N–H and O–H groups in total. The number of carbonyl (C=O) groups is 2. The lowest BCUT2D eigenvalue weighted by Crippen LogP contribution is -2.40. The normalized spacial score (nSPS) is 16.4. The monoisotopic (exact) mass is 787 g/mol. The molecule has 304 valence electrons. The van der Waals surface area contributed by atoms with Gasteiger partial charge in [0.05, 0.1) is 58.0 Å². The summed E-state index contributed by atoms with van der Waals surface area (Å²) in [5.41, 5.74) is 8.24. The minimum Gasteiger partial charge on any atom is -0.497 e. The van der Waals surface area contributed by atoms with E-state index in [0.29, 0.717) is 72.9 Å². The lowest BCUT2D eigenvalue weighted by Gasteiger charge is -2.32. The second-order valence-electron chi connectivity index (χ2n) is 14.7. The fourth-order valence-electron chi connectivity index (χ4n) is 7.08. The summed E-state index contributed by atoms with van der Waals surface area (Å²) in [5.74, 6) is 2.83. The summed E-state index contributed by atoms with van der Waals surface area (Å²) < 4.78 is 28.9. The third-order valence-corrected chi connectivity index (χ3v) is 10.3. The number of rotatable bonds is 18. The zero-order chi connectivity index (χ0) is 41.2. The topological polar surface area (TPSA) is 124 Å². The van der Waals surface area contributed by atoms with E-state index in [1.165, 1.54) is 11.1 Å². The quantitative estimate of drug-likeness (QED) is 0.0604. The van der Waals surface area contributed by atoms with E-state index in [9.17, 15) is 9.59 Å². The third-order valence-electron chi connectivity index (χ3n) is 10.3. The Morgan fingerprint density at radius 1 is 0.776 bits per heavy atom. The number of ether oxygens (including phenoxy) is 5. The number of nitrogens with one attached hydrogen (secondary N) is 1. The Hall–Kier alpha value is -6.30. The molecule has 0 fully saturated rings. The van der Waals surface area contributed by atoms with Crippen LogP contribution in [0, 0.1) is 6.92 Å². The largest absolute Gasteiger partial charge is 0.497 e. The summed E-state index contributed by atoms with van der Waals surface area (Å²) in [6.07, 6.45) is 9.47. The van der Waals surface area contributed by atoms with Crippen molar-refractivity contribution in [2.24, 2.45) is 9.98 Å². The summed E-state index contributed by atoms with van der Waals surface area (Å²) in [6.45, 7) is 7.34. The molecule has 0 saturated heterocycles. The maximum Gasteiger partial charge on any atom is 0.210 e. The average molecular weight is 788 g/mol. The molecule has 2 atom stereocenters. The Bertz CT molecular complexity index is 2160. The van der Waals surface area contributed by atoms with Crippen molar-refractivity contribution in [1.82, 2.24) is 9.80 Å². The first-order chi connectivity index (χ1) is 28.1. The van der Waals surface area contributed by atoms with Crippen LogP contribution in [0.3, 0.4) is 0 Å². The van der Waals surface area contributed by atoms with Gasteiger partial charge in [-0.25, -0.2) is 0 Å². The van der Waals surface area contributed by atoms with E-state index in [-0.39, 0.29) is 12.1 Å². The highest BCUT2D eigenvalue weighted by Crippen LogP contribution is 2.37. The molecular weight excluding hydrogens is 735 g/mol. The average Bonchev–Trinajstić information content (AvgIpc) is 3.61. The Kier molecular flexibility index (Phi) is 13.7. The minimum absolute atomic E-state index is 0.0254. The van der Waals surface area contributed by atoms with E-state index >= 15 is 0 Å². The van der Waals surface area contributed by atoms with E-state index in [1.54, 1.807) is 38.4 Å². The van der Waals surface area contributed by atoms with Crippen molar-refractivity contribution in [2.75, 3.05) is 46.9 Å². The summed E-state index contributed by atoms with van der Waals surface area (Å²) >= 11 is 0. The number of aliphatic imine (C=N–C) groups is 2. The van der Waals surface area contributed by atoms with Gasteiger partial charge in [0.15, 0.2) is 29.3 Å². The number of benzene rings is 4. The number of fused-ring (bicyclic) bond motifs is 1. The van der Waals surface area contributed by atoms with Gasteiger partial charge in [-0.05, 0) is 97.8 Å². The van der Waals surface area contributed by atoms with Crippen LogP contribution in [0.15, 0.2) is 82.9 Å². The zero-order valence-corrected chi connectivity index (χ0v) is 34.4. The van der Waals surface area contributed by atoms with E-state index in [4.69, 9.17) is 33.7 Å². The van der Waals surface area contributed by atoms with E-state index in [0.717, 1.165) is 52.9 Å². The number of methoxy groups -OCH3 is 3. The molecule has 58 heavy (non-hydrogen) atoms. The molecule has 1 amide bonds. The lowest BCUT2D eigenvalue weighted by atomic mass is 9.94. The molecule has 12 heteroatoms. The Morgan fingerprint density at radius 2 is 1.45 bits per heavy atom. The molecule has 0 radical (unpaired) electrons. The number of amides is 1. The van der Waals surface area contributed by atoms with Gasteiger partial charge in [-0.3, -0.25) is 19.6 Å². The highest BCUT2D eigenvalue weighted by atomic mass is 16.5. The highest BCUT2D eigenvalue weighted by molar-refractivity contribution is 5.87. The van der Waals surface area contributed by atoms with Gasteiger partial charge in [0.25, 0.3) is 0 Å². The van der Waals surface area contributed by atoms with Gasteiger partial charge in [-0.15, -0.1) is 0 Å². The molecule has 2 heterocycles. The standard InChI is InChI=1S/C46H53N5O7/c1-30(2)49-37-12-9-32(10-13-37)34-19-38(50(4)26-34)24-48-42-23-46(44(56-7)21-36(42)28-52)58-16-8-15-57-45-22-41(31(3)17-43(45)55-6)47-25-39-18-33-11-14-40(54-5)20-35(33)27-51(39)29-53/h9-14,17,20-26,28-30,38-39,49H,8,15-16,18-19,27H2,1-7H3. The number of carbonyl (C=O) groups excluding carboxylic acids is 2. The Labute approximate surface area is 341 Å². The number of aryl methyl sites for hydroxylation is 1. The van der Waals surface area contributed by atoms with Crippen LogP contribution in [0.4, 0.5) is 17.1 Å². The summed E-state index contributed by atoms with van der Waals surface area (Å²) in [5, 5.41) is 3.43. The maximum absolute atomic E-state index is 12.1. The van der Waals surface area contributed by atoms with Crippen molar-refractivity contribution in [3.05, 3.63) is 101 Å². The first-order valence-corrected chi connectivity index (χ1v) is 19.5. The molecule has 4 aromatic rings. The number of hydrogen-bond acceptors (Lipinski definition) is 11. The molecule has 12 nitrogen and oxygen atoms in total. The fraction of sp³-hybridized carbons (Fsp3) is 0.348. The molecule has 4 aromatic carbocycles. The second-order valence-corrected chi connectivity index (χ2v) is 14.7. The molecule has 2 aliphatic heterocycles. The lowest BCUT2D eigenvalue weighted by molar-refractivity contribution is -0.119. The molecule has 2 unspecified atom stereocenters. The molecule has 0 bridgehead atoms. The fourth-order valence-corrected chi connectivity index (χ4v) is 7.08.